The van der Waals surface area contributed by atoms with Crippen LogP contribution in [0.15, 0.2) is 30.3 Å². The van der Waals surface area contributed by atoms with Gasteiger partial charge in [-0.3, -0.25) is 0 Å². The smallest absolute Gasteiger partial charge is 0.194 e. The third-order valence-electron chi connectivity index (χ3n) is 3.13. The molecule has 0 saturated heterocycles. The molecular formula is C15H14F3N. The van der Waals surface area contributed by atoms with Crippen molar-refractivity contribution in [3.63, 3.8) is 0 Å². The number of hydrogen-bond acceptors (Lipinski definition) is 1. The predicted molar refractivity (Wildman–Crippen MR) is 69.6 cm³/mol. The molecule has 0 amide bonds. The van der Waals surface area contributed by atoms with Crippen molar-refractivity contribution < 1.29 is 13.2 Å². The summed E-state index contributed by atoms with van der Waals surface area (Å²) in [4.78, 5) is 0. The van der Waals surface area contributed by atoms with Crippen molar-refractivity contribution in [2.24, 2.45) is 0 Å². The van der Waals surface area contributed by atoms with Crippen LogP contribution in [0, 0.1) is 31.3 Å². The number of rotatable bonds is 3. The molecule has 0 aliphatic carbocycles. The van der Waals surface area contributed by atoms with Gasteiger partial charge in [-0.15, -0.1) is 0 Å². The van der Waals surface area contributed by atoms with Gasteiger partial charge in [0.05, 0.1) is 0 Å². The quantitative estimate of drug-likeness (QED) is 0.814. The molecule has 1 nitrogen and oxygen atoms in total. The fourth-order valence-electron chi connectivity index (χ4n) is 1.85. The average Bonchev–Trinajstić information content (AvgIpc) is 2.37. The molecule has 0 aliphatic heterocycles. The van der Waals surface area contributed by atoms with Gasteiger partial charge in [0.15, 0.2) is 17.5 Å². The molecule has 0 saturated carbocycles. The van der Waals surface area contributed by atoms with Gasteiger partial charge in [-0.25, -0.2) is 13.2 Å². The molecule has 0 heterocycles. The van der Waals surface area contributed by atoms with Crippen LogP contribution in [0.3, 0.4) is 0 Å². The van der Waals surface area contributed by atoms with E-state index in [-0.39, 0.29) is 6.54 Å². The highest BCUT2D eigenvalue weighted by molar-refractivity contribution is 5.53. The zero-order chi connectivity index (χ0) is 14.0. The Balaban J connectivity index is 2.17. The standard InChI is InChI=1S/C15H14F3N/c1-9-4-3-5-14(10(9)2)19-8-11-6-12(16)15(18)13(17)7-11/h3-7,19H,8H2,1-2H3. The molecule has 19 heavy (non-hydrogen) atoms. The maximum atomic E-state index is 13.1. The first kappa shape index (κ1) is 13.5. The highest BCUT2D eigenvalue weighted by Gasteiger charge is 2.10. The Morgan fingerprint density at radius 1 is 1.00 bits per heavy atom. The molecule has 0 atom stereocenters. The molecule has 0 aliphatic rings. The van der Waals surface area contributed by atoms with Gasteiger partial charge in [-0.1, -0.05) is 12.1 Å². The normalized spacial score (nSPS) is 10.6. The summed E-state index contributed by atoms with van der Waals surface area (Å²) in [5.74, 6) is -3.77. The fraction of sp³-hybridized carbons (Fsp3) is 0.200. The monoisotopic (exact) mass is 265 g/mol. The molecule has 0 radical (unpaired) electrons. The summed E-state index contributed by atoms with van der Waals surface area (Å²) in [6.45, 7) is 4.18. The maximum absolute atomic E-state index is 13.1. The lowest BCUT2D eigenvalue weighted by Gasteiger charge is -2.11. The number of benzene rings is 2. The first-order valence-corrected chi connectivity index (χ1v) is 5.92. The largest absolute Gasteiger partial charge is 0.381 e. The van der Waals surface area contributed by atoms with Crippen LogP contribution in [-0.4, -0.2) is 0 Å². The van der Waals surface area contributed by atoms with E-state index in [1.807, 2.05) is 32.0 Å². The van der Waals surface area contributed by atoms with Crippen LogP contribution in [0.4, 0.5) is 18.9 Å². The lowest BCUT2D eigenvalue weighted by molar-refractivity contribution is 0.445. The summed E-state index contributed by atoms with van der Waals surface area (Å²) in [7, 11) is 0. The molecular weight excluding hydrogens is 251 g/mol. The number of hydrogen-bond donors (Lipinski definition) is 1. The van der Waals surface area contributed by atoms with Crippen molar-refractivity contribution in [3.8, 4) is 0 Å². The van der Waals surface area contributed by atoms with Gasteiger partial charge >= 0.3 is 0 Å². The zero-order valence-corrected chi connectivity index (χ0v) is 10.7. The summed E-state index contributed by atoms with van der Waals surface area (Å²) >= 11 is 0. The third-order valence-corrected chi connectivity index (χ3v) is 3.13. The molecule has 0 fully saturated rings. The van der Waals surface area contributed by atoms with Crippen molar-refractivity contribution in [2.45, 2.75) is 20.4 Å². The Kier molecular flexibility index (Phi) is 3.79. The van der Waals surface area contributed by atoms with E-state index in [1.54, 1.807) is 0 Å². The summed E-state index contributed by atoms with van der Waals surface area (Å²) < 4.78 is 39.0. The molecule has 0 bridgehead atoms. The van der Waals surface area contributed by atoms with Crippen LogP contribution < -0.4 is 5.32 Å². The minimum Gasteiger partial charge on any atom is -0.381 e. The van der Waals surface area contributed by atoms with Gasteiger partial charge in [0.1, 0.15) is 0 Å². The Labute approximate surface area is 110 Å². The van der Waals surface area contributed by atoms with Crippen molar-refractivity contribution in [1.82, 2.24) is 0 Å². The second-order valence-electron chi connectivity index (χ2n) is 4.47. The molecule has 4 heteroatoms. The van der Waals surface area contributed by atoms with E-state index in [9.17, 15) is 13.2 Å². The third kappa shape index (κ3) is 2.89. The summed E-state index contributed by atoms with van der Waals surface area (Å²) in [5.41, 5.74) is 3.45. The predicted octanol–water partition coefficient (Wildman–Crippen LogP) is 4.33. The SMILES string of the molecule is Cc1cccc(NCc2cc(F)c(F)c(F)c2)c1C. The van der Waals surface area contributed by atoms with Crippen molar-refractivity contribution >= 4 is 5.69 Å². The molecule has 0 aromatic heterocycles. The summed E-state index contributed by atoms with van der Waals surface area (Å²) in [6, 6.07) is 7.76. The van der Waals surface area contributed by atoms with Gasteiger partial charge in [0.2, 0.25) is 0 Å². The van der Waals surface area contributed by atoms with Crippen molar-refractivity contribution in [1.29, 1.82) is 0 Å². The van der Waals surface area contributed by atoms with Crippen molar-refractivity contribution in [2.75, 3.05) is 5.32 Å². The number of halogens is 3. The topological polar surface area (TPSA) is 12.0 Å². The van der Waals surface area contributed by atoms with E-state index >= 15 is 0 Å². The summed E-state index contributed by atoms with van der Waals surface area (Å²) in [6.07, 6.45) is 0. The fourth-order valence-corrected chi connectivity index (χ4v) is 1.85. The zero-order valence-electron chi connectivity index (χ0n) is 10.7. The highest BCUT2D eigenvalue weighted by atomic mass is 19.2. The van der Waals surface area contributed by atoms with E-state index in [1.165, 1.54) is 0 Å². The Morgan fingerprint density at radius 2 is 1.63 bits per heavy atom. The van der Waals surface area contributed by atoms with Crippen LogP contribution in [-0.2, 0) is 6.54 Å². The molecule has 2 rings (SSSR count). The lowest BCUT2D eigenvalue weighted by Crippen LogP contribution is -2.04. The Morgan fingerprint density at radius 3 is 2.26 bits per heavy atom. The van der Waals surface area contributed by atoms with Gasteiger partial charge < -0.3 is 5.32 Å². The van der Waals surface area contributed by atoms with Crippen LogP contribution in [0.5, 0.6) is 0 Å². The molecule has 1 N–H and O–H groups in total. The minimum absolute atomic E-state index is 0.235. The van der Waals surface area contributed by atoms with E-state index < -0.39 is 17.5 Å². The molecule has 0 spiro atoms. The second-order valence-corrected chi connectivity index (χ2v) is 4.47. The van der Waals surface area contributed by atoms with E-state index in [2.05, 4.69) is 5.32 Å². The van der Waals surface area contributed by atoms with Crippen LogP contribution in [0.2, 0.25) is 0 Å². The average molecular weight is 265 g/mol. The molecule has 2 aromatic rings. The van der Waals surface area contributed by atoms with Gasteiger partial charge in [-0.05, 0) is 48.7 Å². The number of anilines is 1. The van der Waals surface area contributed by atoms with Crippen LogP contribution in [0.25, 0.3) is 0 Å². The van der Waals surface area contributed by atoms with Crippen LogP contribution in [0.1, 0.15) is 16.7 Å². The highest BCUT2D eigenvalue weighted by Crippen LogP contribution is 2.20. The van der Waals surface area contributed by atoms with Crippen LogP contribution >= 0.6 is 0 Å². The van der Waals surface area contributed by atoms with Gasteiger partial charge in [0.25, 0.3) is 0 Å². The Bertz CT molecular complexity index is 585. The van der Waals surface area contributed by atoms with Crippen molar-refractivity contribution in [3.05, 3.63) is 64.5 Å². The first-order valence-electron chi connectivity index (χ1n) is 5.92. The molecule has 100 valence electrons. The van der Waals surface area contributed by atoms with E-state index in [0.717, 1.165) is 28.9 Å². The van der Waals surface area contributed by atoms with Gasteiger partial charge in [-0.2, -0.15) is 0 Å². The number of aryl methyl sites for hydroxylation is 1. The first-order chi connectivity index (χ1) is 8.99. The molecule has 2 aromatic carbocycles. The maximum Gasteiger partial charge on any atom is 0.194 e. The lowest BCUT2D eigenvalue weighted by atomic mass is 10.1. The van der Waals surface area contributed by atoms with Gasteiger partial charge in [0, 0.05) is 12.2 Å². The summed E-state index contributed by atoms with van der Waals surface area (Å²) in [5, 5.41) is 3.09. The van der Waals surface area contributed by atoms with E-state index in [4.69, 9.17) is 0 Å². The van der Waals surface area contributed by atoms with E-state index in [0.29, 0.717) is 5.56 Å². The minimum atomic E-state index is -1.43. The number of nitrogens with one attached hydrogen (secondary N) is 1. The Hall–Kier alpha value is -1.97. The second kappa shape index (κ2) is 5.34. The molecule has 0 unspecified atom stereocenters.